The number of nitrogens with one attached hydrogen (secondary N) is 1. The highest BCUT2D eigenvalue weighted by Crippen LogP contribution is 2.28. The van der Waals surface area contributed by atoms with E-state index in [1.165, 1.54) is 25.3 Å². The van der Waals surface area contributed by atoms with Crippen LogP contribution in [0, 0.1) is 16.0 Å². The maximum atomic E-state index is 11.8. The van der Waals surface area contributed by atoms with Crippen molar-refractivity contribution in [1.82, 2.24) is 0 Å². The molecule has 24 heavy (non-hydrogen) atoms. The largest absolute Gasteiger partial charge is 0.496 e. The van der Waals surface area contributed by atoms with Gasteiger partial charge < -0.3 is 14.8 Å². The van der Waals surface area contributed by atoms with E-state index in [0.717, 1.165) is 12.8 Å². The topological polar surface area (TPSA) is 108 Å². The van der Waals surface area contributed by atoms with Crippen LogP contribution < -0.4 is 10.1 Å². The number of allylic oxidation sites excluding steroid dienone is 2. The Labute approximate surface area is 138 Å². The van der Waals surface area contributed by atoms with Crippen molar-refractivity contribution in [1.29, 1.82) is 0 Å². The van der Waals surface area contributed by atoms with E-state index in [4.69, 9.17) is 9.47 Å². The number of methoxy groups -OCH3 is 1. The molecule has 0 saturated carbocycles. The summed E-state index contributed by atoms with van der Waals surface area (Å²) in [5, 5.41) is 13.4. The molecule has 0 saturated heterocycles. The molecule has 2 rings (SSSR count). The number of carbonyl (C=O) groups excluding carboxylic acids is 2. The minimum Gasteiger partial charge on any atom is -0.496 e. The summed E-state index contributed by atoms with van der Waals surface area (Å²) in [6.07, 6.45) is 6.04. The molecule has 1 atom stereocenters. The summed E-state index contributed by atoms with van der Waals surface area (Å²) in [6, 6.07) is 4.05. The van der Waals surface area contributed by atoms with Crippen LogP contribution in [0.15, 0.2) is 30.4 Å². The van der Waals surface area contributed by atoms with E-state index in [9.17, 15) is 19.7 Å². The molecule has 0 radical (unpaired) electrons. The van der Waals surface area contributed by atoms with Gasteiger partial charge >= 0.3 is 5.97 Å². The minimum absolute atomic E-state index is 0.0144. The van der Waals surface area contributed by atoms with Crippen molar-refractivity contribution >= 4 is 23.3 Å². The lowest BCUT2D eigenvalue weighted by molar-refractivity contribution is -0.384. The van der Waals surface area contributed by atoms with Gasteiger partial charge in [-0.15, -0.1) is 0 Å². The van der Waals surface area contributed by atoms with Crippen molar-refractivity contribution in [3.8, 4) is 5.75 Å². The Morgan fingerprint density at radius 1 is 1.42 bits per heavy atom. The number of benzene rings is 1. The SMILES string of the molecule is COc1ccc(NC(=O)COC(=O)C[C@H]2C=CCC2)c([N+](=O)[O-])c1. The van der Waals surface area contributed by atoms with Gasteiger partial charge in [-0.25, -0.2) is 0 Å². The first kappa shape index (κ1) is 17.5. The van der Waals surface area contributed by atoms with Gasteiger partial charge in [0, 0.05) is 0 Å². The lowest BCUT2D eigenvalue weighted by Crippen LogP contribution is -2.22. The molecule has 8 heteroatoms. The quantitative estimate of drug-likeness (QED) is 0.355. The molecular formula is C16H18N2O6. The van der Waals surface area contributed by atoms with Crippen LogP contribution in [0.1, 0.15) is 19.3 Å². The van der Waals surface area contributed by atoms with Gasteiger partial charge in [-0.1, -0.05) is 12.2 Å². The molecule has 1 N–H and O–H groups in total. The summed E-state index contributed by atoms with van der Waals surface area (Å²) in [5.74, 6) is -0.650. The molecule has 0 unspecified atom stereocenters. The molecule has 0 spiro atoms. The number of anilines is 1. The second-order valence-electron chi connectivity index (χ2n) is 5.32. The van der Waals surface area contributed by atoms with Crippen LogP contribution in [0.4, 0.5) is 11.4 Å². The number of nitro benzene ring substituents is 1. The van der Waals surface area contributed by atoms with Crippen LogP contribution in [-0.2, 0) is 14.3 Å². The molecule has 0 aliphatic heterocycles. The third-order valence-corrected chi connectivity index (χ3v) is 3.58. The fraction of sp³-hybridized carbons (Fsp3) is 0.375. The summed E-state index contributed by atoms with van der Waals surface area (Å²) in [6.45, 7) is -0.488. The van der Waals surface area contributed by atoms with Gasteiger partial charge in [0.2, 0.25) is 0 Å². The van der Waals surface area contributed by atoms with Crippen molar-refractivity contribution in [2.75, 3.05) is 19.0 Å². The van der Waals surface area contributed by atoms with E-state index >= 15 is 0 Å². The number of nitro groups is 1. The van der Waals surface area contributed by atoms with Crippen LogP contribution in [0.5, 0.6) is 5.75 Å². The van der Waals surface area contributed by atoms with Gasteiger partial charge in [-0.2, -0.15) is 0 Å². The van der Waals surface area contributed by atoms with E-state index < -0.39 is 23.4 Å². The Balaban J connectivity index is 1.88. The third-order valence-electron chi connectivity index (χ3n) is 3.58. The van der Waals surface area contributed by atoms with Crippen LogP contribution in [0.2, 0.25) is 0 Å². The molecule has 0 aromatic heterocycles. The summed E-state index contributed by atoms with van der Waals surface area (Å²) < 4.78 is 9.82. The molecule has 0 bridgehead atoms. The number of rotatable bonds is 7. The average Bonchev–Trinajstić information content (AvgIpc) is 3.06. The number of esters is 1. The summed E-state index contributed by atoms with van der Waals surface area (Å²) in [7, 11) is 1.39. The van der Waals surface area contributed by atoms with Crippen molar-refractivity contribution < 1.29 is 24.0 Å². The van der Waals surface area contributed by atoms with Crippen molar-refractivity contribution in [2.45, 2.75) is 19.3 Å². The zero-order valence-electron chi connectivity index (χ0n) is 13.2. The smallest absolute Gasteiger partial charge is 0.306 e. The number of hydrogen-bond acceptors (Lipinski definition) is 6. The number of nitrogens with zero attached hydrogens (tertiary/aromatic N) is 1. The predicted octanol–water partition coefficient (Wildman–Crippen LogP) is 2.44. The first-order valence-electron chi connectivity index (χ1n) is 7.44. The minimum atomic E-state index is -0.640. The monoisotopic (exact) mass is 334 g/mol. The lowest BCUT2D eigenvalue weighted by Gasteiger charge is -2.09. The van der Waals surface area contributed by atoms with Crippen LogP contribution in [-0.4, -0.2) is 30.5 Å². The summed E-state index contributed by atoms with van der Waals surface area (Å²) in [5.41, 5.74) is -0.286. The molecular weight excluding hydrogens is 316 g/mol. The second kappa shape index (κ2) is 8.09. The molecule has 0 heterocycles. The first-order chi connectivity index (χ1) is 11.5. The van der Waals surface area contributed by atoms with Gasteiger partial charge in [-0.05, 0) is 30.9 Å². The zero-order valence-corrected chi connectivity index (χ0v) is 13.2. The highest BCUT2D eigenvalue weighted by Gasteiger charge is 2.19. The first-order valence-corrected chi connectivity index (χ1v) is 7.44. The Bertz CT molecular complexity index is 671. The molecule has 1 aromatic rings. The summed E-state index contributed by atoms with van der Waals surface area (Å²) in [4.78, 5) is 33.9. The zero-order chi connectivity index (χ0) is 17.5. The lowest BCUT2D eigenvalue weighted by atomic mass is 10.1. The Morgan fingerprint density at radius 3 is 2.83 bits per heavy atom. The Hall–Kier alpha value is -2.90. The average molecular weight is 334 g/mol. The van der Waals surface area contributed by atoms with Crippen LogP contribution in [0.25, 0.3) is 0 Å². The number of amides is 1. The number of hydrogen-bond donors (Lipinski definition) is 1. The van der Waals surface area contributed by atoms with Crippen molar-refractivity contribution in [3.63, 3.8) is 0 Å². The second-order valence-corrected chi connectivity index (χ2v) is 5.32. The predicted molar refractivity (Wildman–Crippen MR) is 85.7 cm³/mol. The van der Waals surface area contributed by atoms with Gasteiger partial charge in [-0.3, -0.25) is 19.7 Å². The molecule has 0 fully saturated rings. The number of ether oxygens (including phenoxy) is 2. The van der Waals surface area contributed by atoms with Crippen LogP contribution in [0.3, 0.4) is 0 Å². The highest BCUT2D eigenvalue weighted by molar-refractivity contribution is 5.95. The van der Waals surface area contributed by atoms with Gasteiger partial charge in [0.1, 0.15) is 11.4 Å². The fourth-order valence-electron chi connectivity index (χ4n) is 2.37. The normalized spacial score (nSPS) is 15.8. The van der Waals surface area contributed by atoms with E-state index in [-0.39, 0.29) is 23.7 Å². The van der Waals surface area contributed by atoms with Gasteiger partial charge in [0.25, 0.3) is 11.6 Å². The molecule has 1 aliphatic rings. The Morgan fingerprint density at radius 2 is 2.21 bits per heavy atom. The third kappa shape index (κ3) is 4.80. The van der Waals surface area contributed by atoms with Gasteiger partial charge in [0.15, 0.2) is 6.61 Å². The fourth-order valence-corrected chi connectivity index (χ4v) is 2.37. The highest BCUT2D eigenvalue weighted by atomic mass is 16.6. The maximum absolute atomic E-state index is 11.8. The Kier molecular flexibility index (Phi) is 5.89. The molecule has 128 valence electrons. The number of carbonyl (C=O) groups is 2. The molecule has 1 aliphatic carbocycles. The van der Waals surface area contributed by atoms with E-state index in [0.29, 0.717) is 5.75 Å². The van der Waals surface area contributed by atoms with Gasteiger partial charge in [0.05, 0.1) is 24.5 Å². The van der Waals surface area contributed by atoms with E-state index in [1.807, 2.05) is 12.2 Å². The standard InChI is InChI=1S/C16H18N2O6/c1-23-12-6-7-13(14(9-12)18(21)22)17-15(19)10-24-16(20)8-11-4-2-3-5-11/h2,4,6-7,9,11H,3,5,8,10H2,1H3,(H,17,19)/t11-/m0/s1. The molecule has 8 nitrogen and oxygen atoms in total. The van der Waals surface area contributed by atoms with E-state index in [1.54, 1.807) is 0 Å². The van der Waals surface area contributed by atoms with Crippen molar-refractivity contribution in [2.24, 2.45) is 5.92 Å². The maximum Gasteiger partial charge on any atom is 0.306 e. The van der Waals surface area contributed by atoms with Crippen LogP contribution >= 0.6 is 0 Å². The van der Waals surface area contributed by atoms with Crippen molar-refractivity contribution in [3.05, 3.63) is 40.5 Å². The van der Waals surface area contributed by atoms with E-state index in [2.05, 4.69) is 5.32 Å². The summed E-state index contributed by atoms with van der Waals surface area (Å²) >= 11 is 0. The molecule has 1 aromatic carbocycles. The molecule has 1 amide bonds.